The second-order valence-electron chi connectivity index (χ2n) is 3.86. The largest absolute Gasteiger partial charge is 0.382 e. The van der Waals surface area contributed by atoms with Gasteiger partial charge in [-0.15, -0.1) is 0 Å². The zero-order valence-corrected chi connectivity index (χ0v) is 10.8. The van der Waals surface area contributed by atoms with Crippen molar-refractivity contribution in [1.29, 1.82) is 0 Å². The first kappa shape index (κ1) is 13.7. The van der Waals surface area contributed by atoms with Gasteiger partial charge in [0.25, 0.3) is 0 Å². The van der Waals surface area contributed by atoms with E-state index in [0.29, 0.717) is 6.04 Å². The zero-order valence-electron chi connectivity index (χ0n) is 9.96. The van der Waals surface area contributed by atoms with E-state index in [1.54, 1.807) is 0 Å². The van der Waals surface area contributed by atoms with Gasteiger partial charge in [-0.3, -0.25) is 0 Å². The minimum absolute atomic E-state index is 0.376. The minimum Gasteiger partial charge on any atom is -0.382 e. The fourth-order valence-electron chi connectivity index (χ4n) is 1.61. The van der Waals surface area contributed by atoms with E-state index >= 15 is 0 Å². The van der Waals surface area contributed by atoms with E-state index < -0.39 is 0 Å². The van der Waals surface area contributed by atoms with Crippen LogP contribution in [0.5, 0.6) is 0 Å². The lowest BCUT2D eigenvalue weighted by molar-refractivity contribution is 0.0763. The van der Waals surface area contributed by atoms with Gasteiger partial charge in [-0.25, -0.2) is 0 Å². The van der Waals surface area contributed by atoms with Gasteiger partial charge < -0.3 is 20.1 Å². The molecule has 0 aromatic rings. The van der Waals surface area contributed by atoms with Crippen LogP contribution in [0.3, 0.4) is 0 Å². The predicted molar refractivity (Wildman–Crippen MR) is 68.7 cm³/mol. The minimum atomic E-state index is 0.376. The molecule has 4 nitrogen and oxygen atoms in total. The molecule has 0 saturated carbocycles. The lowest BCUT2D eigenvalue weighted by atomic mass is 10.1. The van der Waals surface area contributed by atoms with Crippen LogP contribution >= 0.6 is 12.2 Å². The predicted octanol–water partition coefficient (Wildman–Crippen LogP) is 1.06. The standard InChI is InChI=1S/C11H22N2O2S/c1-2-14-8-4-6-12-11(16)13-10-5-3-7-15-9-10/h10H,2-9H2,1H3,(H2,12,13,16). The summed E-state index contributed by atoms with van der Waals surface area (Å²) in [5.41, 5.74) is 0. The average Bonchev–Trinajstić information content (AvgIpc) is 2.30. The van der Waals surface area contributed by atoms with Crippen molar-refractivity contribution in [1.82, 2.24) is 10.6 Å². The Kier molecular flexibility index (Phi) is 7.46. The first-order valence-electron chi connectivity index (χ1n) is 6.02. The van der Waals surface area contributed by atoms with Crippen molar-refractivity contribution in [2.45, 2.75) is 32.2 Å². The Morgan fingerprint density at radius 2 is 2.44 bits per heavy atom. The molecule has 1 aliphatic rings. The molecule has 1 unspecified atom stereocenters. The topological polar surface area (TPSA) is 42.5 Å². The molecular formula is C11H22N2O2S. The summed E-state index contributed by atoms with van der Waals surface area (Å²) < 4.78 is 10.6. The molecule has 1 fully saturated rings. The average molecular weight is 246 g/mol. The maximum absolute atomic E-state index is 5.37. The molecule has 0 aromatic heterocycles. The lowest BCUT2D eigenvalue weighted by Crippen LogP contribution is -2.45. The van der Waals surface area contributed by atoms with Crippen LogP contribution in [0.4, 0.5) is 0 Å². The van der Waals surface area contributed by atoms with Gasteiger partial charge in [0.1, 0.15) is 0 Å². The molecule has 2 N–H and O–H groups in total. The van der Waals surface area contributed by atoms with Gasteiger partial charge in [0, 0.05) is 26.4 Å². The van der Waals surface area contributed by atoms with E-state index in [1.807, 2.05) is 6.92 Å². The van der Waals surface area contributed by atoms with E-state index in [1.165, 1.54) is 0 Å². The maximum atomic E-state index is 5.37. The summed E-state index contributed by atoms with van der Waals surface area (Å²) in [6.07, 6.45) is 3.24. The molecule has 1 heterocycles. The third kappa shape index (κ3) is 6.25. The molecule has 94 valence electrons. The fourth-order valence-corrected chi connectivity index (χ4v) is 1.88. The first-order valence-corrected chi connectivity index (χ1v) is 6.43. The highest BCUT2D eigenvalue weighted by Gasteiger charge is 2.13. The van der Waals surface area contributed by atoms with E-state index in [2.05, 4.69) is 10.6 Å². The number of hydrogen-bond donors (Lipinski definition) is 2. The molecule has 0 aliphatic carbocycles. The smallest absolute Gasteiger partial charge is 0.166 e. The second kappa shape index (κ2) is 8.73. The third-order valence-corrected chi connectivity index (χ3v) is 2.71. The summed E-state index contributed by atoms with van der Waals surface area (Å²) in [6, 6.07) is 0.376. The van der Waals surface area contributed by atoms with Crippen molar-refractivity contribution in [3.05, 3.63) is 0 Å². The Morgan fingerprint density at radius 3 is 3.12 bits per heavy atom. The van der Waals surface area contributed by atoms with E-state index in [9.17, 15) is 0 Å². The van der Waals surface area contributed by atoms with Crippen LogP contribution in [-0.2, 0) is 9.47 Å². The quantitative estimate of drug-likeness (QED) is 0.542. The van der Waals surface area contributed by atoms with Crippen molar-refractivity contribution in [3.8, 4) is 0 Å². The van der Waals surface area contributed by atoms with Gasteiger partial charge in [-0.2, -0.15) is 0 Å². The molecule has 0 aromatic carbocycles. The molecule has 0 amide bonds. The Morgan fingerprint density at radius 1 is 1.56 bits per heavy atom. The van der Waals surface area contributed by atoms with Crippen LogP contribution in [0.1, 0.15) is 26.2 Å². The molecule has 1 rings (SSSR count). The van der Waals surface area contributed by atoms with Crippen LogP contribution in [0, 0.1) is 0 Å². The van der Waals surface area contributed by atoms with Crippen LogP contribution in [0.2, 0.25) is 0 Å². The molecule has 16 heavy (non-hydrogen) atoms. The Labute approximate surface area is 103 Å². The Hall–Kier alpha value is -0.390. The van der Waals surface area contributed by atoms with E-state index in [4.69, 9.17) is 21.7 Å². The number of rotatable bonds is 6. The molecular weight excluding hydrogens is 224 g/mol. The number of nitrogens with one attached hydrogen (secondary N) is 2. The normalized spacial score (nSPS) is 20.4. The Bertz CT molecular complexity index is 196. The summed E-state index contributed by atoms with van der Waals surface area (Å²) in [5.74, 6) is 0. The summed E-state index contributed by atoms with van der Waals surface area (Å²) in [6.45, 7) is 6.08. The fraction of sp³-hybridized carbons (Fsp3) is 0.909. The lowest BCUT2D eigenvalue weighted by Gasteiger charge is -2.24. The highest BCUT2D eigenvalue weighted by Crippen LogP contribution is 2.05. The van der Waals surface area contributed by atoms with Gasteiger partial charge in [-0.1, -0.05) is 0 Å². The Balaban J connectivity index is 1.97. The zero-order chi connectivity index (χ0) is 11.6. The van der Waals surface area contributed by atoms with Crippen LogP contribution in [0.25, 0.3) is 0 Å². The van der Waals surface area contributed by atoms with Crippen molar-refractivity contribution >= 4 is 17.3 Å². The summed E-state index contributed by atoms with van der Waals surface area (Å²) >= 11 is 5.19. The number of thiocarbonyl (C=S) groups is 1. The summed E-state index contributed by atoms with van der Waals surface area (Å²) in [4.78, 5) is 0. The molecule has 1 aliphatic heterocycles. The van der Waals surface area contributed by atoms with Crippen LogP contribution < -0.4 is 10.6 Å². The van der Waals surface area contributed by atoms with Gasteiger partial charge in [0.2, 0.25) is 0 Å². The molecule has 0 bridgehead atoms. The van der Waals surface area contributed by atoms with Gasteiger partial charge in [-0.05, 0) is 38.4 Å². The van der Waals surface area contributed by atoms with Crippen molar-refractivity contribution in [2.24, 2.45) is 0 Å². The van der Waals surface area contributed by atoms with Crippen LogP contribution in [0.15, 0.2) is 0 Å². The highest BCUT2D eigenvalue weighted by molar-refractivity contribution is 7.80. The number of ether oxygens (including phenoxy) is 2. The van der Waals surface area contributed by atoms with E-state index in [0.717, 1.165) is 57.3 Å². The summed E-state index contributed by atoms with van der Waals surface area (Å²) in [7, 11) is 0. The highest BCUT2D eigenvalue weighted by atomic mass is 32.1. The van der Waals surface area contributed by atoms with Crippen molar-refractivity contribution < 1.29 is 9.47 Å². The van der Waals surface area contributed by atoms with Gasteiger partial charge in [0.05, 0.1) is 12.6 Å². The second-order valence-corrected chi connectivity index (χ2v) is 4.27. The van der Waals surface area contributed by atoms with Crippen molar-refractivity contribution in [3.63, 3.8) is 0 Å². The SMILES string of the molecule is CCOCCCNC(=S)NC1CCCOC1. The van der Waals surface area contributed by atoms with E-state index in [-0.39, 0.29) is 0 Å². The molecule has 1 atom stereocenters. The van der Waals surface area contributed by atoms with Crippen molar-refractivity contribution in [2.75, 3.05) is 33.0 Å². The monoisotopic (exact) mass is 246 g/mol. The summed E-state index contributed by atoms with van der Waals surface area (Å²) in [5, 5.41) is 7.17. The first-order chi connectivity index (χ1) is 7.83. The van der Waals surface area contributed by atoms with Gasteiger partial charge in [0.15, 0.2) is 5.11 Å². The molecule has 5 heteroatoms. The third-order valence-electron chi connectivity index (χ3n) is 2.45. The molecule has 0 spiro atoms. The van der Waals surface area contributed by atoms with Gasteiger partial charge >= 0.3 is 0 Å². The maximum Gasteiger partial charge on any atom is 0.166 e. The number of hydrogen-bond acceptors (Lipinski definition) is 3. The molecule has 0 radical (unpaired) electrons. The molecule has 1 saturated heterocycles. The van der Waals surface area contributed by atoms with Crippen LogP contribution in [-0.4, -0.2) is 44.1 Å².